The summed E-state index contributed by atoms with van der Waals surface area (Å²) in [7, 11) is 3.53. The van der Waals surface area contributed by atoms with Crippen LogP contribution in [-0.2, 0) is 0 Å². The number of rotatable bonds is 2. The van der Waals surface area contributed by atoms with E-state index in [9.17, 15) is 0 Å². The molecule has 5 heteroatoms. The van der Waals surface area contributed by atoms with Crippen LogP contribution < -0.4 is 5.73 Å². The predicted octanol–water partition coefficient (Wildman–Crippen LogP) is 0.139. The van der Waals surface area contributed by atoms with Crippen molar-refractivity contribution in [2.45, 2.75) is 13.8 Å². The van der Waals surface area contributed by atoms with E-state index in [1.807, 2.05) is 18.7 Å². The van der Waals surface area contributed by atoms with Gasteiger partial charge in [0, 0.05) is 27.2 Å². The van der Waals surface area contributed by atoms with Crippen LogP contribution in [0.1, 0.15) is 13.8 Å². The molecular formula is C8H19N5. The van der Waals surface area contributed by atoms with Crippen LogP contribution in [0.5, 0.6) is 0 Å². The molecule has 0 radical (unpaired) electrons. The van der Waals surface area contributed by atoms with E-state index in [0.29, 0.717) is 5.96 Å². The quantitative estimate of drug-likeness (QED) is 0.475. The highest BCUT2D eigenvalue weighted by Gasteiger charge is 2.04. The fraction of sp³-hybridized carbons (Fsp3) is 0.750. The first kappa shape index (κ1) is 11.7. The summed E-state index contributed by atoms with van der Waals surface area (Å²) in [6.07, 6.45) is 0. The van der Waals surface area contributed by atoms with Gasteiger partial charge in [-0.1, -0.05) is 0 Å². The van der Waals surface area contributed by atoms with Crippen LogP contribution in [0.15, 0.2) is 4.99 Å². The Hall–Kier alpha value is -1.26. The minimum absolute atomic E-state index is 0.171. The average molecular weight is 185 g/mol. The molecule has 0 aromatic rings. The highest BCUT2D eigenvalue weighted by atomic mass is 15.3. The third-order valence-electron chi connectivity index (χ3n) is 1.73. The molecule has 0 spiro atoms. The van der Waals surface area contributed by atoms with E-state index >= 15 is 0 Å². The van der Waals surface area contributed by atoms with E-state index in [-0.39, 0.29) is 5.96 Å². The maximum absolute atomic E-state index is 7.45. The van der Waals surface area contributed by atoms with Gasteiger partial charge in [-0.05, 0) is 13.8 Å². The third kappa shape index (κ3) is 3.78. The van der Waals surface area contributed by atoms with Gasteiger partial charge in [0.15, 0.2) is 5.96 Å². The second kappa shape index (κ2) is 5.40. The second-order valence-corrected chi connectivity index (χ2v) is 2.86. The maximum atomic E-state index is 7.45. The molecule has 76 valence electrons. The number of hydrogen-bond acceptors (Lipinski definition) is 1. The molecule has 0 aromatic heterocycles. The lowest BCUT2D eigenvalue weighted by atomic mass is 10.5. The molecular weight excluding hydrogens is 166 g/mol. The number of nitrogens with two attached hydrogens (primary N) is 1. The zero-order chi connectivity index (χ0) is 10.4. The normalized spacial score (nSPS) is 11.2. The second-order valence-electron chi connectivity index (χ2n) is 2.86. The minimum atomic E-state index is 0.171. The first-order valence-electron chi connectivity index (χ1n) is 4.37. The molecule has 0 aliphatic rings. The van der Waals surface area contributed by atoms with Crippen molar-refractivity contribution in [3.05, 3.63) is 0 Å². The van der Waals surface area contributed by atoms with Crippen LogP contribution in [0.3, 0.4) is 0 Å². The molecule has 0 aromatic carbocycles. The van der Waals surface area contributed by atoms with Crippen LogP contribution in [-0.4, -0.2) is 48.9 Å². The Morgan fingerprint density at radius 3 is 2.08 bits per heavy atom. The standard InChI is InChI=1S/C8H19N5/c1-5-13(6-2)8(10)11-7(9)12(3)4/h5-6H2,1-4H3,(H3,9,10,11). The Labute approximate surface area is 79.7 Å². The van der Waals surface area contributed by atoms with Crippen molar-refractivity contribution in [3.8, 4) is 0 Å². The summed E-state index contributed by atoms with van der Waals surface area (Å²) in [6.45, 7) is 5.63. The zero-order valence-electron chi connectivity index (χ0n) is 8.83. The molecule has 13 heavy (non-hydrogen) atoms. The summed E-state index contributed by atoms with van der Waals surface area (Å²) < 4.78 is 0. The van der Waals surface area contributed by atoms with Gasteiger partial charge in [-0.3, -0.25) is 5.41 Å². The summed E-state index contributed by atoms with van der Waals surface area (Å²) in [4.78, 5) is 7.46. The van der Waals surface area contributed by atoms with Crippen molar-refractivity contribution in [2.75, 3.05) is 27.2 Å². The lowest BCUT2D eigenvalue weighted by Crippen LogP contribution is -2.38. The van der Waals surface area contributed by atoms with Gasteiger partial charge in [-0.15, -0.1) is 0 Å². The first-order chi connectivity index (χ1) is 6.02. The van der Waals surface area contributed by atoms with E-state index in [1.54, 1.807) is 19.0 Å². The van der Waals surface area contributed by atoms with Crippen LogP contribution in [0.2, 0.25) is 0 Å². The van der Waals surface area contributed by atoms with Gasteiger partial charge in [0.1, 0.15) is 0 Å². The van der Waals surface area contributed by atoms with Crippen molar-refractivity contribution in [1.82, 2.24) is 9.80 Å². The molecule has 0 unspecified atom stereocenters. The first-order valence-corrected chi connectivity index (χ1v) is 4.37. The Morgan fingerprint density at radius 2 is 1.77 bits per heavy atom. The molecule has 0 rings (SSSR count). The molecule has 0 bridgehead atoms. The number of nitrogens with one attached hydrogen (secondary N) is 1. The SMILES string of the molecule is CCN(CC)/C(N)=N/C(=N)N(C)C. The fourth-order valence-corrected chi connectivity index (χ4v) is 0.827. The van der Waals surface area contributed by atoms with Gasteiger partial charge < -0.3 is 15.5 Å². The third-order valence-corrected chi connectivity index (χ3v) is 1.73. The topological polar surface area (TPSA) is 68.7 Å². The van der Waals surface area contributed by atoms with Crippen LogP contribution in [0, 0.1) is 5.41 Å². The largest absolute Gasteiger partial charge is 0.369 e. The van der Waals surface area contributed by atoms with Crippen LogP contribution >= 0.6 is 0 Å². The van der Waals surface area contributed by atoms with Gasteiger partial charge in [0.25, 0.3) is 0 Å². The monoisotopic (exact) mass is 185 g/mol. The molecule has 0 saturated heterocycles. The van der Waals surface area contributed by atoms with E-state index in [0.717, 1.165) is 13.1 Å². The summed E-state index contributed by atoms with van der Waals surface area (Å²) in [5, 5.41) is 7.45. The van der Waals surface area contributed by atoms with Crippen molar-refractivity contribution >= 4 is 11.9 Å². The van der Waals surface area contributed by atoms with E-state index in [1.165, 1.54) is 0 Å². The molecule has 0 atom stereocenters. The maximum Gasteiger partial charge on any atom is 0.220 e. The molecule has 0 fully saturated rings. The average Bonchev–Trinajstić information content (AvgIpc) is 2.06. The van der Waals surface area contributed by atoms with Gasteiger partial charge in [-0.2, -0.15) is 4.99 Å². The Kier molecular flexibility index (Phi) is 4.87. The summed E-state index contributed by atoms with van der Waals surface area (Å²) in [6, 6.07) is 0. The van der Waals surface area contributed by atoms with E-state index in [4.69, 9.17) is 11.1 Å². The van der Waals surface area contributed by atoms with Gasteiger partial charge in [0.05, 0.1) is 0 Å². The van der Waals surface area contributed by atoms with Crippen molar-refractivity contribution < 1.29 is 0 Å². The van der Waals surface area contributed by atoms with Gasteiger partial charge in [-0.25, -0.2) is 0 Å². The Morgan fingerprint density at radius 1 is 1.31 bits per heavy atom. The predicted molar refractivity (Wildman–Crippen MR) is 56.0 cm³/mol. The molecule has 5 nitrogen and oxygen atoms in total. The van der Waals surface area contributed by atoms with E-state index < -0.39 is 0 Å². The van der Waals surface area contributed by atoms with E-state index in [2.05, 4.69) is 4.99 Å². The van der Waals surface area contributed by atoms with Crippen LogP contribution in [0.25, 0.3) is 0 Å². The summed E-state index contributed by atoms with van der Waals surface area (Å²) in [5.41, 5.74) is 5.69. The van der Waals surface area contributed by atoms with Crippen molar-refractivity contribution in [1.29, 1.82) is 5.41 Å². The number of hydrogen-bond donors (Lipinski definition) is 2. The van der Waals surface area contributed by atoms with Crippen molar-refractivity contribution in [3.63, 3.8) is 0 Å². The van der Waals surface area contributed by atoms with Gasteiger partial charge in [0.2, 0.25) is 5.96 Å². The molecule has 0 amide bonds. The molecule has 0 saturated carbocycles. The molecule has 0 heterocycles. The molecule has 0 aliphatic heterocycles. The number of nitrogens with zero attached hydrogens (tertiary/aromatic N) is 3. The highest BCUT2D eigenvalue weighted by Crippen LogP contribution is 1.89. The smallest absolute Gasteiger partial charge is 0.220 e. The lowest BCUT2D eigenvalue weighted by Gasteiger charge is -2.20. The minimum Gasteiger partial charge on any atom is -0.369 e. The lowest BCUT2D eigenvalue weighted by molar-refractivity contribution is 0.459. The Balaban J connectivity index is 4.37. The fourth-order valence-electron chi connectivity index (χ4n) is 0.827. The summed E-state index contributed by atoms with van der Waals surface area (Å²) in [5.74, 6) is 0.577. The zero-order valence-corrected chi connectivity index (χ0v) is 8.83. The van der Waals surface area contributed by atoms with Crippen molar-refractivity contribution in [2.24, 2.45) is 10.7 Å². The van der Waals surface area contributed by atoms with Crippen LogP contribution in [0.4, 0.5) is 0 Å². The summed E-state index contributed by atoms with van der Waals surface area (Å²) >= 11 is 0. The number of guanidine groups is 2. The highest BCUT2D eigenvalue weighted by molar-refractivity contribution is 5.92. The molecule has 3 N–H and O–H groups in total. The molecule has 0 aliphatic carbocycles. The Bertz CT molecular complexity index is 193. The number of aliphatic imine (C=N–C) groups is 1. The van der Waals surface area contributed by atoms with Gasteiger partial charge >= 0.3 is 0 Å².